The number of benzene rings is 1. The van der Waals surface area contributed by atoms with E-state index >= 15 is 0 Å². The third-order valence-electron chi connectivity index (χ3n) is 6.49. The Kier molecular flexibility index (Phi) is 9.10. The van der Waals surface area contributed by atoms with E-state index in [9.17, 15) is 14.7 Å². The highest BCUT2D eigenvalue weighted by Gasteiger charge is 2.35. The molecule has 0 aliphatic carbocycles. The molecule has 14 heteroatoms. The molecule has 0 unspecified atom stereocenters. The number of carbonyl (C=O) groups excluding carboxylic acids is 2. The van der Waals surface area contributed by atoms with Gasteiger partial charge in [0, 0.05) is 38.8 Å². The molecule has 0 spiro atoms. The fourth-order valence-electron chi connectivity index (χ4n) is 4.27. The molecule has 3 heterocycles. The number of aliphatic hydroxyl groups excluding tert-OH is 1. The summed E-state index contributed by atoms with van der Waals surface area (Å²) in [6, 6.07) is 9.11. The number of aromatic nitrogens is 3. The number of anilines is 2. The highest BCUT2D eigenvalue weighted by Crippen LogP contribution is 2.32. The second-order valence-corrected chi connectivity index (χ2v) is 9.83. The minimum Gasteiger partial charge on any atom is -0.394 e. The van der Waals surface area contributed by atoms with Crippen molar-refractivity contribution in [3.05, 3.63) is 64.4 Å². The molecule has 1 aromatic carbocycles. The van der Waals surface area contributed by atoms with E-state index < -0.39 is 18.0 Å². The number of hydrazone groups is 1. The van der Waals surface area contributed by atoms with Crippen LogP contribution in [0.3, 0.4) is 0 Å². The quantitative estimate of drug-likeness (QED) is 0.137. The van der Waals surface area contributed by atoms with Crippen LogP contribution in [-0.2, 0) is 11.3 Å². The summed E-state index contributed by atoms with van der Waals surface area (Å²) in [5.41, 5.74) is 5.26. The number of carbonyl (C=O) groups is 2. The fraction of sp³-hybridized carbons (Fsp3) is 0.296. The zero-order chi connectivity index (χ0) is 29.7. The molecule has 0 bridgehead atoms. The number of amides is 2. The van der Waals surface area contributed by atoms with Gasteiger partial charge in [-0.15, -0.1) is 0 Å². The molecule has 13 nitrogen and oxygen atoms in total. The van der Waals surface area contributed by atoms with Crippen LogP contribution in [0, 0.1) is 5.41 Å². The Morgan fingerprint density at radius 1 is 1.29 bits per heavy atom. The van der Waals surface area contributed by atoms with Crippen LogP contribution in [0.15, 0.2) is 47.7 Å². The lowest BCUT2D eigenvalue weighted by molar-refractivity contribution is -0.126. The second-order valence-electron chi connectivity index (χ2n) is 9.42. The molecule has 214 valence electrons. The van der Waals surface area contributed by atoms with Crippen LogP contribution in [-0.4, -0.2) is 82.6 Å². The largest absolute Gasteiger partial charge is 0.394 e. The normalized spacial score (nSPS) is 14.2. The maximum absolute atomic E-state index is 13.4. The van der Waals surface area contributed by atoms with Gasteiger partial charge in [-0.3, -0.25) is 9.59 Å². The van der Waals surface area contributed by atoms with E-state index in [-0.39, 0.29) is 35.9 Å². The monoisotopic (exact) mass is 578 g/mol. The Balaban J connectivity index is 1.52. The highest BCUT2D eigenvalue weighted by atomic mass is 35.5. The standard InChI is InChI=1S/C27H31ClN10O3/c1-15(25(40)33-21(14-39)20-6-5-7-23(32-20)37(3)4)38-13-17-9-8-16(10-18(17)26(38)41)24-19(28)12-31-27(35-24)34-22(11-29)36-30-2/h5-12,15,21,29-30,39H,13-14H2,1-4H3,(H,33,40)(H,31,34,35,36)/t15-,21-/m1/s1. The fourth-order valence-corrected chi connectivity index (χ4v) is 4.47. The van der Waals surface area contributed by atoms with Gasteiger partial charge < -0.3 is 36.4 Å². The van der Waals surface area contributed by atoms with Gasteiger partial charge in [-0.1, -0.05) is 29.8 Å². The highest BCUT2D eigenvalue weighted by molar-refractivity contribution is 6.34. The van der Waals surface area contributed by atoms with E-state index in [0.717, 1.165) is 11.8 Å². The molecule has 5 N–H and O–H groups in total. The van der Waals surface area contributed by atoms with Gasteiger partial charge in [-0.25, -0.2) is 15.0 Å². The topological polar surface area (TPSA) is 172 Å². The number of rotatable bonds is 10. The number of nitrogens with zero attached hydrogens (tertiary/aromatic N) is 6. The number of halogens is 1. The Morgan fingerprint density at radius 2 is 2.07 bits per heavy atom. The number of amidine groups is 1. The zero-order valence-corrected chi connectivity index (χ0v) is 23.8. The molecule has 0 fully saturated rings. The van der Waals surface area contributed by atoms with Crippen LogP contribution in [0.5, 0.6) is 0 Å². The molecule has 2 aromatic heterocycles. The van der Waals surface area contributed by atoms with Crippen molar-refractivity contribution in [3.8, 4) is 11.3 Å². The molecular weight excluding hydrogens is 548 g/mol. The molecule has 1 aliphatic heterocycles. The predicted octanol–water partition coefficient (Wildman–Crippen LogP) is 2.05. The summed E-state index contributed by atoms with van der Waals surface area (Å²) in [4.78, 5) is 43.0. The molecule has 2 atom stereocenters. The van der Waals surface area contributed by atoms with E-state index in [1.54, 1.807) is 44.3 Å². The van der Waals surface area contributed by atoms with Crippen LogP contribution in [0.4, 0.5) is 11.8 Å². The SMILES string of the molecule is CN/N=C(\C=N)Nc1ncc(Cl)c(-c2ccc3c(c2)C(=O)N([C@H](C)C(=O)N[C@H](CO)c2cccc(N(C)C)n2)C3)n1. The first-order chi connectivity index (χ1) is 19.7. The first-order valence-corrected chi connectivity index (χ1v) is 13.1. The number of fused-ring (bicyclic) bond motifs is 1. The molecule has 1 aliphatic rings. The van der Waals surface area contributed by atoms with Gasteiger partial charge in [0.05, 0.1) is 41.5 Å². The van der Waals surface area contributed by atoms with Crippen molar-refractivity contribution >= 4 is 47.2 Å². The van der Waals surface area contributed by atoms with Crippen LogP contribution in [0.1, 0.15) is 34.6 Å². The number of pyridine rings is 1. The van der Waals surface area contributed by atoms with E-state index in [1.807, 2.05) is 25.1 Å². The molecular formula is C27H31ClN10O3. The number of hydrogen-bond donors (Lipinski definition) is 5. The Morgan fingerprint density at radius 3 is 2.76 bits per heavy atom. The summed E-state index contributed by atoms with van der Waals surface area (Å²) >= 11 is 6.39. The number of nitrogens with one attached hydrogen (secondary N) is 4. The van der Waals surface area contributed by atoms with Crippen LogP contribution < -0.4 is 21.0 Å². The lowest BCUT2D eigenvalue weighted by Crippen LogP contribution is -2.47. The van der Waals surface area contributed by atoms with Crippen molar-refractivity contribution in [1.82, 2.24) is 30.6 Å². The lowest BCUT2D eigenvalue weighted by Gasteiger charge is -2.26. The van der Waals surface area contributed by atoms with E-state index in [2.05, 4.69) is 36.1 Å². The number of aliphatic hydroxyl groups is 1. The lowest BCUT2D eigenvalue weighted by atomic mass is 10.0. The predicted molar refractivity (Wildman–Crippen MR) is 157 cm³/mol. The Bertz CT molecular complexity index is 1500. The number of hydrogen-bond acceptors (Lipinski definition) is 10. The smallest absolute Gasteiger partial charge is 0.255 e. The summed E-state index contributed by atoms with van der Waals surface area (Å²) in [5.74, 6) is 0.329. The Labute approximate surface area is 242 Å². The third kappa shape index (κ3) is 6.42. The second kappa shape index (κ2) is 12.7. The van der Waals surface area contributed by atoms with Gasteiger partial charge >= 0.3 is 0 Å². The van der Waals surface area contributed by atoms with Crippen LogP contribution in [0.2, 0.25) is 5.02 Å². The average Bonchev–Trinajstić information content (AvgIpc) is 3.31. The van der Waals surface area contributed by atoms with Crippen molar-refractivity contribution < 1.29 is 14.7 Å². The van der Waals surface area contributed by atoms with Gasteiger partial charge in [0.25, 0.3) is 5.91 Å². The zero-order valence-electron chi connectivity index (χ0n) is 23.0. The minimum atomic E-state index is -0.811. The molecule has 4 rings (SSSR count). The van der Waals surface area contributed by atoms with Crippen molar-refractivity contribution in [1.29, 1.82) is 5.41 Å². The maximum atomic E-state index is 13.4. The Hall–Kier alpha value is -4.62. The van der Waals surface area contributed by atoms with Gasteiger partial charge in [0.1, 0.15) is 11.9 Å². The molecule has 0 radical (unpaired) electrons. The summed E-state index contributed by atoms with van der Waals surface area (Å²) < 4.78 is 0. The van der Waals surface area contributed by atoms with Crippen molar-refractivity contribution in [2.75, 3.05) is 38.0 Å². The average molecular weight is 579 g/mol. The molecule has 0 saturated heterocycles. The minimum absolute atomic E-state index is 0.171. The molecule has 41 heavy (non-hydrogen) atoms. The molecule has 0 saturated carbocycles. The maximum Gasteiger partial charge on any atom is 0.255 e. The van der Waals surface area contributed by atoms with Crippen molar-refractivity contribution in [2.24, 2.45) is 5.10 Å². The first-order valence-electron chi connectivity index (χ1n) is 12.7. The van der Waals surface area contributed by atoms with E-state index in [0.29, 0.717) is 28.3 Å². The molecule has 3 aromatic rings. The summed E-state index contributed by atoms with van der Waals surface area (Å²) in [7, 11) is 5.30. The first kappa shape index (κ1) is 29.4. The summed E-state index contributed by atoms with van der Waals surface area (Å²) in [6.45, 7) is 1.54. The van der Waals surface area contributed by atoms with E-state index in [1.165, 1.54) is 11.1 Å². The van der Waals surface area contributed by atoms with E-state index in [4.69, 9.17) is 17.0 Å². The summed E-state index contributed by atoms with van der Waals surface area (Å²) in [5, 5.41) is 27.2. The van der Waals surface area contributed by atoms with Gasteiger partial charge in [0.2, 0.25) is 11.9 Å². The molecule has 2 amide bonds. The van der Waals surface area contributed by atoms with Crippen LogP contribution in [0.25, 0.3) is 11.3 Å². The summed E-state index contributed by atoms with van der Waals surface area (Å²) in [6.07, 6.45) is 2.43. The van der Waals surface area contributed by atoms with Gasteiger partial charge in [-0.05, 0) is 30.7 Å². The van der Waals surface area contributed by atoms with Crippen LogP contribution >= 0.6 is 11.6 Å². The van der Waals surface area contributed by atoms with Crippen molar-refractivity contribution in [2.45, 2.75) is 25.6 Å². The van der Waals surface area contributed by atoms with Gasteiger partial charge in [0.15, 0.2) is 5.84 Å². The van der Waals surface area contributed by atoms with Crippen molar-refractivity contribution in [3.63, 3.8) is 0 Å². The van der Waals surface area contributed by atoms with Gasteiger partial charge in [-0.2, -0.15) is 5.10 Å². The third-order valence-corrected chi connectivity index (χ3v) is 6.76.